The molecule has 1 saturated heterocycles. The molecule has 0 saturated carbocycles. The van der Waals surface area contributed by atoms with E-state index in [0.717, 1.165) is 31.9 Å². The van der Waals surface area contributed by atoms with Gasteiger partial charge in [0.1, 0.15) is 6.61 Å². The molecule has 0 aromatic heterocycles. The van der Waals surface area contributed by atoms with Gasteiger partial charge >= 0.3 is 0 Å². The third-order valence-corrected chi connectivity index (χ3v) is 6.98. The van der Waals surface area contributed by atoms with E-state index in [0.29, 0.717) is 17.9 Å². The van der Waals surface area contributed by atoms with Crippen LogP contribution in [0.1, 0.15) is 36.0 Å². The lowest BCUT2D eigenvalue weighted by Crippen LogP contribution is -2.44. The lowest BCUT2D eigenvalue weighted by molar-refractivity contribution is 0.0945. The topological polar surface area (TPSA) is 36.5 Å². The van der Waals surface area contributed by atoms with E-state index >= 15 is 0 Å². The fraction of sp³-hybridized carbons (Fsp3) is 0.440. The number of nitrogens with zero attached hydrogens (tertiary/aromatic N) is 1. The van der Waals surface area contributed by atoms with E-state index in [1.54, 1.807) is 11.9 Å². The summed E-state index contributed by atoms with van der Waals surface area (Å²) in [6.07, 6.45) is 7.06. The van der Waals surface area contributed by atoms with Gasteiger partial charge in [-0.1, -0.05) is 48.3 Å². The molecule has 0 radical (unpaired) electrons. The molecule has 1 fully saturated rings. The zero-order valence-corrected chi connectivity index (χ0v) is 18.8. The van der Waals surface area contributed by atoms with Crippen LogP contribution < -0.4 is 10.0 Å². The molecular weight excluding hydrogens is 390 g/mol. The summed E-state index contributed by atoms with van der Waals surface area (Å²) in [7, 11) is 0. The Morgan fingerprint density at radius 1 is 1.13 bits per heavy atom. The Morgan fingerprint density at radius 3 is 2.70 bits per heavy atom. The van der Waals surface area contributed by atoms with Crippen LogP contribution in [-0.2, 0) is 24.3 Å². The first-order valence-electron chi connectivity index (χ1n) is 10.9. The van der Waals surface area contributed by atoms with Crippen LogP contribution in [0.15, 0.2) is 61.0 Å². The van der Waals surface area contributed by atoms with Gasteiger partial charge in [0, 0.05) is 24.3 Å². The first kappa shape index (κ1) is 21.3. The minimum Gasteiger partial charge on any atom is -0.475 e. The van der Waals surface area contributed by atoms with Gasteiger partial charge in [-0.2, -0.15) is 0 Å². The van der Waals surface area contributed by atoms with Gasteiger partial charge in [-0.15, -0.1) is 0 Å². The number of aryl methyl sites for hydroxylation is 1. The molecule has 2 N–H and O–H groups in total. The molecule has 0 atom stereocenters. The SMILES string of the molecule is C=C1Nc2ccc(CN3CCC(CCc4ccccc4)(CNSC)CC3)cc2CO1. The summed E-state index contributed by atoms with van der Waals surface area (Å²) in [5.74, 6) is 0.636. The molecule has 2 aromatic carbocycles. The molecule has 5 heteroatoms. The van der Waals surface area contributed by atoms with Crippen LogP contribution >= 0.6 is 11.9 Å². The number of hydrogen-bond acceptors (Lipinski definition) is 5. The molecule has 2 heterocycles. The van der Waals surface area contributed by atoms with E-state index in [9.17, 15) is 0 Å². The van der Waals surface area contributed by atoms with E-state index in [4.69, 9.17) is 4.74 Å². The second-order valence-electron chi connectivity index (χ2n) is 8.62. The lowest BCUT2D eigenvalue weighted by atomic mass is 9.74. The van der Waals surface area contributed by atoms with Crippen molar-refractivity contribution in [2.75, 3.05) is 31.2 Å². The first-order chi connectivity index (χ1) is 14.7. The van der Waals surface area contributed by atoms with E-state index in [1.165, 1.54) is 42.4 Å². The third-order valence-electron chi connectivity index (χ3n) is 6.55. The van der Waals surface area contributed by atoms with Crippen molar-refractivity contribution >= 4 is 17.6 Å². The van der Waals surface area contributed by atoms with E-state index in [1.807, 2.05) is 0 Å². The second kappa shape index (κ2) is 9.90. The zero-order valence-electron chi connectivity index (χ0n) is 18.0. The smallest absolute Gasteiger partial charge is 0.184 e. The largest absolute Gasteiger partial charge is 0.475 e. The van der Waals surface area contributed by atoms with E-state index < -0.39 is 0 Å². The Morgan fingerprint density at radius 2 is 1.93 bits per heavy atom. The normalized spacial score (nSPS) is 18.4. The van der Waals surface area contributed by atoms with E-state index in [-0.39, 0.29) is 0 Å². The molecule has 4 nitrogen and oxygen atoms in total. The highest BCUT2D eigenvalue weighted by molar-refractivity contribution is 7.96. The maximum atomic E-state index is 5.55. The number of fused-ring (bicyclic) bond motifs is 1. The van der Waals surface area contributed by atoms with Crippen LogP contribution in [0.2, 0.25) is 0 Å². The summed E-state index contributed by atoms with van der Waals surface area (Å²) >= 11 is 1.74. The fourth-order valence-electron chi connectivity index (χ4n) is 4.58. The summed E-state index contributed by atoms with van der Waals surface area (Å²) in [4.78, 5) is 2.61. The van der Waals surface area contributed by atoms with Crippen molar-refractivity contribution < 1.29 is 4.74 Å². The lowest BCUT2D eigenvalue weighted by Gasteiger charge is -2.42. The molecule has 0 unspecified atom stereocenters. The number of anilines is 1. The van der Waals surface area contributed by atoms with Crippen LogP contribution in [0.3, 0.4) is 0 Å². The van der Waals surface area contributed by atoms with Gasteiger partial charge in [0.25, 0.3) is 0 Å². The monoisotopic (exact) mass is 423 g/mol. The Hall–Kier alpha value is -1.95. The van der Waals surface area contributed by atoms with Gasteiger partial charge in [0.15, 0.2) is 5.88 Å². The van der Waals surface area contributed by atoms with E-state index in [2.05, 4.69) is 76.3 Å². The van der Waals surface area contributed by atoms with Crippen molar-refractivity contribution in [3.05, 3.63) is 77.7 Å². The quantitative estimate of drug-likeness (QED) is 0.572. The number of hydrogen-bond donors (Lipinski definition) is 2. The van der Waals surface area contributed by atoms with Gasteiger partial charge in [0.05, 0.1) is 0 Å². The number of ether oxygens (including phenoxy) is 1. The summed E-state index contributed by atoms with van der Waals surface area (Å²) in [5.41, 5.74) is 5.56. The van der Waals surface area contributed by atoms with Gasteiger partial charge in [-0.25, -0.2) is 0 Å². The number of piperidine rings is 1. The Kier molecular flexibility index (Phi) is 7.03. The van der Waals surface area contributed by atoms with Gasteiger partial charge in [0.2, 0.25) is 0 Å². The number of nitrogens with one attached hydrogen (secondary N) is 2. The van der Waals surface area contributed by atoms with Crippen LogP contribution in [0.5, 0.6) is 0 Å². The fourth-order valence-corrected chi connectivity index (χ4v) is 5.03. The highest BCUT2D eigenvalue weighted by Crippen LogP contribution is 2.37. The third kappa shape index (κ3) is 5.39. The van der Waals surface area contributed by atoms with Crippen molar-refractivity contribution in [3.8, 4) is 0 Å². The average molecular weight is 424 g/mol. The highest BCUT2D eigenvalue weighted by Gasteiger charge is 2.34. The maximum Gasteiger partial charge on any atom is 0.184 e. The zero-order chi connectivity index (χ0) is 20.8. The van der Waals surface area contributed by atoms with Crippen molar-refractivity contribution in [2.24, 2.45) is 5.41 Å². The summed E-state index contributed by atoms with van der Waals surface area (Å²) < 4.78 is 9.12. The standard InChI is InChI=1S/C25H33N3OS/c1-20-27-24-9-8-22(16-23(24)18-29-20)17-28-14-12-25(13-15-28,19-26-30-2)11-10-21-6-4-3-5-7-21/h3-9,16,26-27H,1,10-15,17-19H2,2H3. The van der Waals surface area contributed by atoms with Crippen LogP contribution in [0, 0.1) is 5.41 Å². The molecule has 0 bridgehead atoms. The molecule has 0 spiro atoms. The molecule has 0 aliphatic carbocycles. The molecule has 0 amide bonds. The van der Waals surface area contributed by atoms with Crippen LogP contribution in [0.25, 0.3) is 0 Å². The first-order valence-corrected chi connectivity index (χ1v) is 12.1. The predicted octanol–water partition coefficient (Wildman–Crippen LogP) is 5.18. The maximum absolute atomic E-state index is 5.55. The molecule has 2 aliphatic rings. The molecule has 30 heavy (non-hydrogen) atoms. The number of rotatable bonds is 8. The summed E-state index contributed by atoms with van der Waals surface area (Å²) in [6, 6.07) is 17.6. The van der Waals surface area contributed by atoms with Crippen LogP contribution in [0.4, 0.5) is 5.69 Å². The molecule has 4 rings (SSSR count). The van der Waals surface area contributed by atoms with Crippen molar-refractivity contribution in [2.45, 2.75) is 38.8 Å². The van der Waals surface area contributed by atoms with Crippen molar-refractivity contribution in [1.29, 1.82) is 0 Å². The number of likely N-dealkylation sites (tertiary alicyclic amines) is 1. The van der Waals surface area contributed by atoms with Gasteiger partial charge in [-0.05, 0) is 80.3 Å². The predicted molar refractivity (Wildman–Crippen MR) is 127 cm³/mol. The van der Waals surface area contributed by atoms with Crippen molar-refractivity contribution in [3.63, 3.8) is 0 Å². The molecule has 2 aliphatic heterocycles. The summed E-state index contributed by atoms with van der Waals surface area (Å²) in [6.45, 7) is 8.89. The minimum absolute atomic E-state index is 0.392. The Bertz CT molecular complexity index is 847. The summed E-state index contributed by atoms with van der Waals surface area (Å²) in [5, 5.41) is 3.21. The molecule has 2 aromatic rings. The average Bonchev–Trinajstić information content (AvgIpc) is 2.79. The molecular formula is C25H33N3OS. The van der Waals surface area contributed by atoms with Crippen molar-refractivity contribution in [1.82, 2.24) is 9.62 Å². The minimum atomic E-state index is 0.392. The second-order valence-corrected chi connectivity index (χ2v) is 9.31. The highest BCUT2D eigenvalue weighted by atomic mass is 32.2. The van der Waals surface area contributed by atoms with Gasteiger partial charge < -0.3 is 10.1 Å². The Labute approximate surface area is 185 Å². The van der Waals surface area contributed by atoms with Crippen LogP contribution in [-0.4, -0.2) is 30.8 Å². The van der Waals surface area contributed by atoms with Gasteiger partial charge in [-0.3, -0.25) is 9.62 Å². The number of benzene rings is 2. The molecule has 160 valence electrons. The Balaban J connectivity index is 1.35.